The highest BCUT2D eigenvalue weighted by Crippen LogP contribution is 2.42. The molecule has 2 aromatic carbocycles. The average molecular weight is 596 g/mol. The summed E-state index contributed by atoms with van der Waals surface area (Å²) in [6.07, 6.45) is 0.754. The monoisotopic (exact) mass is 595 g/mol. The van der Waals surface area contributed by atoms with Crippen LogP contribution >= 0.6 is 11.6 Å². The summed E-state index contributed by atoms with van der Waals surface area (Å²) >= 11 is 6.67. The average Bonchev–Trinajstić information content (AvgIpc) is 3.67. The number of para-hydroxylation sites is 2. The van der Waals surface area contributed by atoms with E-state index >= 15 is 0 Å². The lowest BCUT2D eigenvalue weighted by Crippen LogP contribution is -2.37. The maximum atomic E-state index is 13.9. The molecule has 1 aliphatic heterocycles. The van der Waals surface area contributed by atoms with Gasteiger partial charge in [-0.3, -0.25) is 4.57 Å². The molecule has 1 saturated carbocycles. The van der Waals surface area contributed by atoms with Crippen LogP contribution in [-0.2, 0) is 4.79 Å². The van der Waals surface area contributed by atoms with E-state index in [4.69, 9.17) is 25.7 Å². The van der Waals surface area contributed by atoms with Gasteiger partial charge >= 0.3 is 5.97 Å². The van der Waals surface area contributed by atoms with Crippen molar-refractivity contribution in [2.45, 2.75) is 63.6 Å². The summed E-state index contributed by atoms with van der Waals surface area (Å²) < 4.78 is 42.4. The van der Waals surface area contributed by atoms with Gasteiger partial charge in [-0.05, 0) is 43.0 Å². The second kappa shape index (κ2) is 10.4. The van der Waals surface area contributed by atoms with Gasteiger partial charge in [-0.25, -0.2) is 23.5 Å². The molecular formula is C30H28ClF2N5O4. The van der Waals surface area contributed by atoms with Crippen molar-refractivity contribution in [3.8, 4) is 6.01 Å². The number of rotatable bonds is 6. The van der Waals surface area contributed by atoms with E-state index in [9.17, 15) is 18.7 Å². The molecule has 1 aliphatic carbocycles. The van der Waals surface area contributed by atoms with Crippen LogP contribution in [0.5, 0.6) is 6.01 Å². The molecule has 9 nitrogen and oxygen atoms in total. The van der Waals surface area contributed by atoms with Crippen LogP contribution in [0.2, 0.25) is 5.02 Å². The number of carbonyl (C=O) groups is 1. The summed E-state index contributed by atoms with van der Waals surface area (Å²) in [5, 5.41) is 11.3. The minimum absolute atomic E-state index is 0.00227. The molecule has 4 heterocycles. The van der Waals surface area contributed by atoms with Crippen LogP contribution in [0.4, 0.5) is 14.6 Å². The quantitative estimate of drug-likeness (QED) is 0.220. The van der Waals surface area contributed by atoms with Gasteiger partial charge in [0.2, 0.25) is 0 Å². The molecular weight excluding hydrogens is 568 g/mol. The molecule has 42 heavy (non-hydrogen) atoms. The van der Waals surface area contributed by atoms with Gasteiger partial charge in [0, 0.05) is 17.8 Å². The maximum absolute atomic E-state index is 13.9. The van der Waals surface area contributed by atoms with Crippen LogP contribution in [0.1, 0.15) is 57.3 Å². The van der Waals surface area contributed by atoms with E-state index in [1.54, 1.807) is 24.3 Å². The number of imidazole rings is 1. The molecule has 0 unspecified atom stereocenters. The van der Waals surface area contributed by atoms with Crippen molar-refractivity contribution in [3.05, 3.63) is 53.3 Å². The second-order valence-electron chi connectivity index (χ2n) is 11.2. The highest BCUT2D eigenvalue weighted by atomic mass is 35.5. The van der Waals surface area contributed by atoms with E-state index in [2.05, 4.69) is 21.5 Å². The highest BCUT2D eigenvalue weighted by Gasteiger charge is 2.42. The number of aromatic nitrogens is 4. The molecule has 3 aromatic heterocycles. The summed E-state index contributed by atoms with van der Waals surface area (Å²) in [6.45, 7) is 2.28. The van der Waals surface area contributed by atoms with Crippen LogP contribution in [0.25, 0.3) is 33.1 Å². The molecule has 4 atom stereocenters. The van der Waals surface area contributed by atoms with Gasteiger partial charge in [-0.2, -0.15) is 4.98 Å². The third kappa shape index (κ3) is 4.41. The Morgan fingerprint density at radius 2 is 1.93 bits per heavy atom. The Morgan fingerprint density at radius 3 is 2.71 bits per heavy atom. The van der Waals surface area contributed by atoms with Gasteiger partial charge in [0.25, 0.3) is 12.4 Å². The first-order valence-corrected chi connectivity index (χ1v) is 14.5. The molecule has 7 rings (SSSR count). The predicted octanol–water partition coefficient (Wildman–Crippen LogP) is 7.18. The molecule has 218 valence electrons. The van der Waals surface area contributed by atoms with Gasteiger partial charge in [0.1, 0.15) is 23.2 Å². The molecule has 1 N–H and O–H groups in total. The van der Waals surface area contributed by atoms with Crippen LogP contribution < -0.4 is 9.64 Å². The Hall–Kier alpha value is -3.99. The number of aliphatic carboxylic acids is 1. The SMILES string of the molecule is C[C@@H]1CCCC[C@H]1n1c(O[C@H]2C[C@@H](C(=O)O)N(c3nc(C(F)F)nc4c3oc3ccccc34)C2)nc2cccc(Cl)c21. The van der Waals surface area contributed by atoms with Gasteiger partial charge in [0.15, 0.2) is 17.2 Å². The molecule has 2 aliphatic rings. The fraction of sp³-hybridized carbons (Fsp3) is 0.400. The zero-order chi connectivity index (χ0) is 29.1. The van der Waals surface area contributed by atoms with E-state index < -0.39 is 30.4 Å². The minimum Gasteiger partial charge on any atom is -0.480 e. The number of alkyl halides is 2. The fourth-order valence-corrected chi connectivity index (χ4v) is 6.80. The molecule has 5 aromatic rings. The van der Waals surface area contributed by atoms with Gasteiger partial charge in [-0.15, -0.1) is 0 Å². The third-order valence-electron chi connectivity index (χ3n) is 8.53. The molecule has 2 fully saturated rings. The summed E-state index contributed by atoms with van der Waals surface area (Å²) in [7, 11) is 0. The van der Waals surface area contributed by atoms with Crippen molar-refractivity contribution >= 4 is 56.5 Å². The Balaban J connectivity index is 1.30. The van der Waals surface area contributed by atoms with Crippen LogP contribution in [0, 0.1) is 5.92 Å². The van der Waals surface area contributed by atoms with Gasteiger partial charge in [0.05, 0.1) is 22.6 Å². The number of fused-ring (bicyclic) bond motifs is 4. The van der Waals surface area contributed by atoms with Crippen molar-refractivity contribution in [3.63, 3.8) is 0 Å². The summed E-state index contributed by atoms with van der Waals surface area (Å²) in [4.78, 5) is 26.9. The van der Waals surface area contributed by atoms with Crippen LogP contribution in [0.15, 0.2) is 46.9 Å². The van der Waals surface area contributed by atoms with E-state index in [1.807, 2.05) is 18.2 Å². The summed E-state index contributed by atoms with van der Waals surface area (Å²) in [6, 6.07) is 11.9. The summed E-state index contributed by atoms with van der Waals surface area (Å²) in [5.74, 6) is -1.44. The topological polar surface area (TPSA) is 107 Å². The molecule has 0 amide bonds. The number of furan rings is 1. The number of carboxylic acids is 1. The van der Waals surface area contributed by atoms with E-state index in [1.165, 1.54) is 4.90 Å². The first-order valence-electron chi connectivity index (χ1n) is 14.1. The van der Waals surface area contributed by atoms with Crippen molar-refractivity contribution < 1.29 is 27.8 Å². The number of hydrogen-bond acceptors (Lipinski definition) is 7. The van der Waals surface area contributed by atoms with Crippen molar-refractivity contribution in [1.29, 1.82) is 0 Å². The number of nitrogens with zero attached hydrogens (tertiary/aromatic N) is 5. The van der Waals surface area contributed by atoms with E-state index in [0.717, 1.165) is 31.2 Å². The van der Waals surface area contributed by atoms with Crippen molar-refractivity contribution in [1.82, 2.24) is 19.5 Å². The third-order valence-corrected chi connectivity index (χ3v) is 8.84. The lowest BCUT2D eigenvalue weighted by atomic mass is 9.85. The standard InChI is InChI=1S/C30H28ClF2N5O4/c1-15-7-2-4-11-20(15)38-24-18(31)9-6-10-19(24)34-30(38)41-16-13-21(29(39)40)37(14-16)28-25-23(35-27(36-28)26(32)33)17-8-3-5-12-22(17)42-25/h3,5-6,8-10,12,15-16,20-21,26H,2,4,7,11,13-14H2,1H3,(H,39,40)/t15-,16+,20-,21+/m1/s1. The Morgan fingerprint density at radius 1 is 1.12 bits per heavy atom. The second-order valence-corrected chi connectivity index (χ2v) is 11.6. The molecule has 0 radical (unpaired) electrons. The van der Waals surface area contributed by atoms with Crippen LogP contribution in [0.3, 0.4) is 0 Å². The molecule has 12 heteroatoms. The van der Waals surface area contributed by atoms with Crippen molar-refractivity contribution in [2.24, 2.45) is 5.92 Å². The van der Waals surface area contributed by atoms with E-state index in [-0.39, 0.29) is 35.9 Å². The van der Waals surface area contributed by atoms with E-state index in [0.29, 0.717) is 33.4 Å². The minimum atomic E-state index is -2.96. The number of ether oxygens (including phenoxy) is 1. The number of carboxylic acid groups (broad SMARTS) is 1. The molecule has 1 saturated heterocycles. The number of hydrogen-bond donors (Lipinski definition) is 1. The number of halogens is 3. The largest absolute Gasteiger partial charge is 0.480 e. The normalized spacial score (nSPS) is 23.0. The van der Waals surface area contributed by atoms with Gasteiger partial charge < -0.3 is 19.2 Å². The number of anilines is 1. The zero-order valence-electron chi connectivity index (χ0n) is 22.7. The van der Waals surface area contributed by atoms with Crippen molar-refractivity contribution in [2.75, 3.05) is 11.4 Å². The van der Waals surface area contributed by atoms with Crippen LogP contribution in [-0.4, -0.2) is 49.3 Å². The lowest BCUT2D eigenvalue weighted by molar-refractivity contribution is -0.138. The first-order chi connectivity index (χ1) is 20.3. The lowest BCUT2D eigenvalue weighted by Gasteiger charge is -2.31. The fourth-order valence-electron chi connectivity index (χ4n) is 6.54. The predicted molar refractivity (Wildman–Crippen MR) is 153 cm³/mol. The highest BCUT2D eigenvalue weighted by molar-refractivity contribution is 6.35. The maximum Gasteiger partial charge on any atom is 0.326 e. The Kier molecular flexibility index (Phi) is 6.64. The Labute approximate surface area is 244 Å². The molecule has 0 spiro atoms. The first kappa shape index (κ1) is 26.9. The number of benzene rings is 2. The summed E-state index contributed by atoms with van der Waals surface area (Å²) in [5.41, 5.74) is 2.30. The zero-order valence-corrected chi connectivity index (χ0v) is 23.5. The van der Waals surface area contributed by atoms with Gasteiger partial charge in [-0.1, -0.05) is 49.6 Å². The smallest absolute Gasteiger partial charge is 0.326 e. The Bertz CT molecular complexity index is 1820. The molecule has 0 bridgehead atoms.